The highest BCUT2D eigenvalue weighted by molar-refractivity contribution is 5.99. The predicted octanol–water partition coefficient (Wildman–Crippen LogP) is 2.48. The third-order valence-corrected chi connectivity index (χ3v) is 3.51. The van der Waals surface area contributed by atoms with Crippen LogP contribution >= 0.6 is 0 Å². The van der Waals surface area contributed by atoms with Crippen molar-refractivity contribution < 1.29 is 4.79 Å². The van der Waals surface area contributed by atoms with Gasteiger partial charge in [-0.2, -0.15) is 5.10 Å². The summed E-state index contributed by atoms with van der Waals surface area (Å²) in [6, 6.07) is 7.57. The molecular formula is C16H22N4O. The Kier molecular flexibility index (Phi) is 4.98. The maximum atomic E-state index is 12.3. The van der Waals surface area contributed by atoms with Gasteiger partial charge in [-0.15, -0.1) is 0 Å². The quantitative estimate of drug-likeness (QED) is 0.857. The van der Waals surface area contributed by atoms with Gasteiger partial charge in [0.15, 0.2) is 0 Å². The van der Waals surface area contributed by atoms with E-state index in [9.17, 15) is 4.79 Å². The van der Waals surface area contributed by atoms with E-state index in [1.165, 1.54) is 0 Å². The summed E-state index contributed by atoms with van der Waals surface area (Å²) < 4.78 is 1.80. The van der Waals surface area contributed by atoms with Crippen molar-refractivity contribution in [1.82, 2.24) is 15.1 Å². The number of hydrogen-bond acceptors (Lipinski definition) is 3. The van der Waals surface area contributed by atoms with Crippen LogP contribution in [0.5, 0.6) is 0 Å². The van der Waals surface area contributed by atoms with Gasteiger partial charge in [0.2, 0.25) is 0 Å². The van der Waals surface area contributed by atoms with Crippen LogP contribution in [-0.2, 0) is 13.6 Å². The van der Waals surface area contributed by atoms with E-state index in [4.69, 9.17) is 0 Å². The number of benzene rings is 1. The van der Waals surface area contributed by atoms with Crippen molar-refractivity contribution in [3.63, 3.8) is 0 Å². The average molecular weight is 286 g/mol. The van der Waals surface area contributed by atoms with Crippen LogP contribution in [0.2, 0.25) is 0 Å². The molecule has 112 valence electrons. The zero-order valence-electron chi connectivity index (χ0n) is 12.8. The standard InChI is InChI=1S/C16H22N4O/c1-4-9-17-15-8-6-5-7-14(15)16(21)18-10-13-11-19-20(3)12(13)2/h5-8,11,17H,4,9-10H2,1-3H3,(H,18,21). The number of carbonyl (C=O) groups excluding carboxylic acids is 1. The number of aryl methyl sites for hydroxylation is 1. The number of nitrogens with one attached hydrogen (secondary N) is 2. The second kappa shape index (κ2) is 6.92. The van der Waals surface area contributed by atoms with Gasteiger partial charge in [-0.3, -0.25) is 9.48 Å². The fourth-order valence-corrected chi connectivity index (χ4v) is 2.08. The highest BCUT2D eigenvalue weighted by Crippen LogP contribution is 2.15. The van der Waals surface area contributed by atoms with Crippen molar-refractivity contribution in [3.8, 4) is 0 Å². The monoisotopic (exact) mass is 286 g/mol. The molecule has 1 aromatic heterocycles. The molecule has 0 spiro atoms. The van der Waals surface area contributed by atoms with Crippen molar-refractivity contribution in [3.05, 3.63) is 47.3 Å². The minimum absolute atomic E-state index is 0.0718. The molecule has 1 aromatic carbocycles. The molecule has 21 heavy (non-hydrogen) atoms. The summed E-state index contributed by atoms with van der Waals surface area (Å²) in [7, 11) is 1.89. The van der Waals surface area contributed by atoms with Gasteiger partial charge in [-0.05, 0) is 25.5 Å². The molecule has 0 radical (unpaired) electrons. The van der Waals surface area contributed by atoms with Crippen molar-refractivity contribution in [2.75, 3.05) is 11.9 Å². The molecule has 1 amide bonds. The number of hydrogen-bond donors (Lipinski definition) is 2. The molecule has 0 bridgehead atoms. The van der Waals surface area contributed by atoms with E-state index in [2.05, 4.69) is 22.7 Å². The number of aromatic nitrogens is 2. The Bertz CT molecular complexity index is 618. The van der Waals surface area contributed by atoms with Crippen molar-refractivity contribution in [2.24, 2.45) is 7.05 Å². The van der Waals surface area contributed by atoms with Crippen LogP contribution in [0, 0.1) is 6.92 Å². The molecule has 2 rings (SSSR count). The molecule has 0 unspecified atom stereocenters. The van der Waals surface area contributed by atoms with Gasteiger partial charge >= 0.3 is 0 Å². The van der Waals surface area contributed by atoms with Gasteiger partial charge in [0, 0.05) is 37.1 Å². The van der Waals surface area contributed by atoms with E-state index in [0.29, 0.717) is 12.1 Å². The molecular weight excluding hydrogens is 264 g/mol. The first-order valence-electron chi connectivity index (χ1n) is 7.22. The first kappa shape index (κ1) is 15.1. The van der Waals surface area contributed by atoms with Crippen LogP contribution in [0.25, 0.3) is 0 Å². The van der Waals surface area contributed by atoms with Gasteiger partial charge in [-0.25, -0.2) is 0 Å². The molecule has 5 heteroatoms. The number of anilines is 1. The zero-order chi connectivity index (χ0) is 15.2. The maximum Gasteiger partial charge on any atom is 0.253 e. The second-order valence-electron chi connectivity index (χ2n) is 5.03. The Balaban J connectivity index is 2.05. The molecule has 0 atom stereocenters. The lowest BCUT2D eigenvalue weighted by atomic mass is 10.1. The minimum Gasteiger partial charge on any atom is -0.384 e. The van der Waals surface area contributed by atoms with Gasteiger partial charge < -0.3 is 10.6 Å². The summed E-state index contributed by atoms with van der Waals surface area (Å²) in [5, 5.41) is 10.4. The molecule has 5 nitrogen and oxygen atoms in total. The van der Waals surface area contributed by atoms with Crippen LogP contribution in [0.15, 0.2) is 30.5 Å². The molecule has 2 N–H and O–H groups in total. The Morgan fingerprint density at radius 2 is 2.10 bits per heavy atom. The Morgan fingerprint density at radius 3 is 2.76 bits per heavy atom. The highest BCUT2D eigenvalue weighted by atomic mass is 16.1. The summed E-state index contributed by atoms with van der Waals surface area (Å²) in [5.74, 6) is -0.0718. The van der Waals surface area contributed by atoms with Gasteiger partial charge in [-0.1, -0.05) is 19.1 Å². The third-order valence-electron chi connectivity index (χ3n) is 3.51. The summed E-state index contributed by atoms with van der Waals surface area (Å²) >= 11 is 0. The van der Waals surface area contributed by atoms with E-state index in [1.807, 2.05) is 38.2 Å². The first-order valence-corrected chi connectivity index (χ1v) is 7.22. The number of amides is 1. The Labute approximate surface area is 125 Å². The predicted molar refractivity (Wildman–Crippen MR) is 84.3 cm³/mol. The van der Waals surface area contributed by atoms with E-state index in [0.717, 1.165) is 29.9 Å². The molecule has 0 fully saturated rings. The van der Waals surface area contributed by atoms with Crippen LogP contribution in [0.1, 0.15) is 35.0 Å². The van der Waals surface area contributed by atoms with E-state index in [-0.39, 0.29) is 5.91 Å². The summed E-state index contributed by atoms with van der Waals surface area (Å²) in [4.78, 5) is 12.3. The minimum atomic E-state index is -0.0718. The highest BCUT2D eigenvalue weighted by Gasteiger charge is 2.11. The lowest BCUT2D eigenvalue weighted by Gasteiger charge is -2.11. The number of rotatable bonds is 6. The maximum absolute atomic E-state index is 12.3. The van der Waals surface area contributed by atoms with Gasteiger partial charge in [0.05, 0.1) is 11.8 Å². The van der Waals surface area contributed by atoms with Crippen molar-refractivity contribution in [1.29, 1.82) is 0 Å². The molecule has 0 saturated heterocycles. The van der Waals surface area contributed by atoms with Crippen LogP contribution in [-0.4, -0.2) is 22.2 Å². The Hall–Kier alpha value is -2.30. The topological polar surface area (TPSA) is 59.0 Å². The number of nitrogens with zero attached hydrogens (tertiary/aromatic N) is 2. The number of para-hydroxylation sites is 1. The molecule has 0 aliphatic heterocycles. The molecule has 1 heterocycles. The lowest BCUT2D eigenvalue weighted by Crippen LogP contribution is -2.24. The van der Waals surface area contributed by atoms with Crippen molar-refractivity contribution >= 4 is 11.6 Å². The molecule has 0 aliphatic carbocycles. The Morgan fingerprint density at radius 1 is 1.33 bits per heavy atom. The fourth-order valence-electron chi connectivity index (χ4n) is 2.08. The summed E-state index contributed by atoms with van der Waals surface area (Å²) in [6.07, 6.45) is 2.81. The summed E-state index contributed by atoms with van der Waals surface area (Å²) in [5.41, 5.74) is 3.64. The van der Waals surface area contributed by atoms with Crippen molar-refractivity contribution in [2.45, 2.75) is 26.8 Å². The fraction of sp³-hybridized carbons (Fsp3) is 0.375. The largest absolute Gasteiger partial charge is 0.384 e. The van der Waals surface area contributed by atoms with E-state index >= 15 is 0 Å². The SMILES string of the molecule is CCCNc1ccccc1C(=O)NCc1cnn(C)c1C. The van der Waals surface area contributed by atoms with Crippen LogP contribution < -0.4 is 10.6 Å². The van der Waals surface area contributed by atoms with E-state index < -0.39 is 0 Å². The lowest BCUT2D eigenvalue weighted by molar-refractivity contribution is 0.0951. The summed E-state index contributed by atoms with van der Waals surface area (Å²) in [6.45, 7) is 5.43. The molecule has 0 saturated carbocycles. The smallest absolute Gasteiger partial charge is 0.253 e. The van der Waals surface area contributed by atoms with Crippen LogP contribution in [0.3, 0.4) is 0 Å². The second-order valence-corrected chi connectivity index (χ2v) is 5.03. The molecule has 0 aliphatic rings. The number of carbonyl (C=O) groups is 1. The molecule has 2 aromatic rings. The normalized spacial score (nSPS) is 10.4. The average Bonchev–Trinajstić information content (AvgIpc) is 2.82. The third kappa shape index (κ3) is 3.62. The van der Waals surface area contributed by atoms with Gasteiger partial charge in [0.1, 0.15) is 0 Å². The van der Waals surface area contributed by atoms with E-state index in [1.54, 1.807) is 10.9 Å². The van der Waals surface area contributed by atoms with Gasteiger partial charge in [0.25, 0.3) is 5.91 Å². The van der Waals surface area contributed by atoms with Crippen LogP contribution in [0.4, 0.5) is 5.69 Å². The zero-order valence-corrected chi connectivity index (χ0v) is 12.8. The first-order chi connectivity index (χ1) is 10.1.